The highest BCUT2D eigenvalue weighted by molar-refractivity contribution is 6.28. The zero-order chi connectivity index (χ0) is 18.0. The largest absolute Gasteiger partial charge is 0.473 e. The lowest BCUT2D eigenvalue weighted by molar-refractivity contribution is -0.163. The molecule has 0 radical (unpaired) electrons. The monoisotopic (exact) mass is 342 g/mol. The van der Waals surface area contributed by atoms with Crippen molar-refractivity contribution in [2.75, 3.05) is 6.61 Å². The van der Waals surface area contributed by atoms with Gasteiger partial charge in [-0.05, 0) is 12.3 Å². The molecule has 0 heterocycles. The number of esters is 1. The minimum Gasteiger partial charge on any atom is -0.473 e. The summed E-state index contributed by atoms with van der Waals surface area (Å²) in [5.74, 6) is -1.80. The van der Waals surface area contributed by atoms with E-state index in [2.05, 4.69) is 18.6 Å². The van der Waals surface area contributed by atoms with Crippen LogP contribution in [0, 0.1) is 5.92 Å². The molecule has 0 aliphatic rings. The van der Waals surface area contributed by atoms with Gasteiger partial charge in [0.15, 0.2) is 0 Å². The maximum atomic E-state index is 10.7. The van der Waals surface area contributed by atoms with Gasteiger partial charge in [0, 0.05) is 0 Å². The lowest BCUT2D eigenvalue weighted by Crippen LogP contribution is -2.16. The molecule has 0 aromatic carbocycles. The van der Waals surface area contributed by atoms with E-state index in [0.717, 1.165) is 25.2 Å². The molecule has 0 fully saturated rings. The molecule has 0 atom stereocenters. The third kappa shape index (κ3) is 17.3. The van der Waals surface area contributed by atoms with Crippen molar-refractivity contribution < 1.29 is 19.4 Å². The first-order chi connectivity index (χ1) is 11.5. The van der Waals surface area contributed by atoms with Crippen molar-refractivity contribution in [2.24, 2.45) is 5.92 Å². The van der Waals surface area contributed by atoms with Gasteiger partial charge >= 0.3 is 11.9 Å². The quantitative estimate of drug-likeness (QED) is 0.221. The van der Waals surface area contributed by atoms with Crippen LogP contribution >= 0.6 is 0 Å². The highest BCUT2D eigenvalue weighted by atomic mass is 16.6. The molecule has 0 bridgehead atoms. The molecular formula is C20H38O4. The standard InChI is InChI=1S/C20H38O4/c1-18(2)16-14-12-10-8-6-4-3-5-7-9-11-13-15-17-24-20(23)19(21)22/h18H,3-17H2,1-2H3,(H,21,22). The van der Waals surface area contributed by atoms with Gasteiger partial charge < -0.3 is 9.84 Å². The van der Waals surface area contributed by atoms with Crippen LogP contribution in [-0.4, -0.2) is 23.7 Å². The minimum absolute atomic E-state index is 0.225. The van der Waals surface area contributed by atoms with Crippen LogP contribution in [0.3, 0.4) is 0 Å². The second-order valence-electron chi connectivity index (χ2n) is 7.22. The predicted molar refractivity (Wildman–Crippen MR) is 98.1 cm³/mol. The van der Waals surface area contributed by atoms with Crippen molar-refractivity contribution in [3.63, 3.8) is 0 Å². The third-order valence-electron chi connectivity index (χ3n) is 4.33. The van der Waals surface area contributed by atoms with Gasteiger partial charge in [-0.2, -0.15) is 0 Å². The first-order valence-electron chi connectivity index (χ1n) is 9.94. The normalized spacial score (nSPS) is 11.0. The van der Waals surface area contributed by atoms with Crippen molar-refractivity contribution >= 4 is 11.9 Å². The number of rotatable bonds is 16. The summed E-state index contributed by atoms with van der Waals surface area (Å²) in [6.07, 6.45) is 17.8. The number of hydrogen-bond donors (Lipinski definition) is 1. The number of ether oxygens (including phenoxy) is 1. The Bertz CT molecular complexity index is 313. The Morgan fingerprint density at radius 1 is 0.708 bits per heavy atom. The molecule has 0 amide bonds. The summed E-state index contributed by atoms with van der Waals surface area (Å²) in [6.45, 7) is 4.82. The molecule has 142 valence electrons. The van der Waals surface area contributed by atoms with E-state index in [1.54, 1.807) is 0 Å². The molecule has 1 N–H and O–H groups in total. The Balaban J connectivity index is 3.08. The molecule has 0 saturated heterocycles. The first-order valence-corrected chi connectivity index (χ1v) is 9.94. The SMILES string of the molecule is CC(C)CCCCCCCCCCCCCCCOC(=O)C(=O)O. The van der Waals surface area contributed by atoms with Crippen LogP contribution in [0.1, 0.15) is 104 Å². The van der Waals surface area contributed by atoms with E-state index >= 15 is 0 Å². The topological polar surface area (TPSA) is 63.6 Å². The van der Waals surface area contributed by atoms with Gasteiger partial charge in [0.1, 0.15) is 0 Å². The maximum Gasteiger partial charge on any atom is 0.417 e. The average molecular weight is 343 g/mol. The Labute approximate surface area is 148 Å². The number of unbranched alkanes of at least 4 members (excludes halogenated alkanes) is 12. The summed E-state index contributed by atoms with van der Waals surface area (Å²) in [5.41, 5.74) is 0. The number of carboxylic acid groups (broad SMARTS) is 1. The first kappa shape index (κ1) is 22.9. The van der Waals surface area contributed by atoms with Crippen molar-refractivity contribution in [3.05, 3.63) is 0 Å². The molecule has 0 spiro atoms. The molecular weight excluding hydrogens is 304 g/mol. The fraction of sp³-hybridized carbons (Fsp3) is 0.900. The van der Waals surface area contributed by atoms with E-state index < -0.39 is 11.9 Å². The fourth-order valence-electron chi connectivity index (χ4n) is 2.83. The summed E-state index contributed by atoms with van der Waals surface area (Å²) in [6, 6.07) is 0. The number of carboxylic acids is 1. The zero-order valence-electron chi connectivity index (χ0n) is 15.9. The predicted octanol–water partition coefficient (Wildman–Crippen LogP) is 5.73. The van der Waals surface area contributed by atoms with Gasteiger partial charge in [0.05, 0.1) is 6.61 Å². The van der Waals surface area contributed by atoms with Crippen molar-refractivity contribution in [1.82, 2.24) is 0 Å². The zero-order valence-corrected chi connectivity index (χ0v) is 15.9. The van der Waals surface area contributed by atoms with Gasteiger partial charge in [0.2, 0.25) is 0 Å². The Morgan fingerprint density at radius 3 is 1.46 bits per heavy atom. The van der Waals surface area contributed by atoms with Crippen LogP contribution in [0.4, 0.5) is 0 Å². The second-order valence-corrected chi connectivity index (χ2v) is 7.22. The van der Waals surface area contributed by atoms with E-state index in [9.17, 15) is 9.59 Å². The van der Waals surface area contributed by atoms with Crippen molar-refractivity contribution in [2.45, 2.75) is 104 Å². The number of hydrogen-bond acceptors (Lipinski definition) is 3. The van der Waals surface area contributed by atoms with Crippen LogP contribution in [0.15, 0.2) is 0 Å². The van der Waals surface area contributed by atoms with E-state index in [1.165, 1.54) is 70.6 Å². The van der Waals surface area contributed by atoms with Gasteiger partial charge in [-0.3, -0.25) is 0 Å². The van der Waals surface area contributed by atoms with Gasteiger partial charge in [0.25, 0.3) is 0 Å². The minimum atomic E-state index is -1.51. The summed E-state index contributed by atoms with van der Waals surface area (Å²) in [5, 5.41) is 8.34. The lowest BCUT2D eigenvalue weighted by atomic mass is 10.0. The molecule has 4 nitrogen and oxygen atoms in total. The molecule has 24 heavy (non-hydrogen) atoms. The van der Waals surface area contributed by atoms with E-state index in [-0.39, 0.29) is 6.61 Å². The van der Waals surface area contributed by atoms with Crippen LogP contribution in [0.25, 0.3) is 0 Å². The number of aliphatic carboxylic acids is 1. The van der Waals surface area contributed by atoms with Crippen LogP contribution < -0.4 is 0 Å². The molecule has 4 heteroatoms. The van der Waals surface area contributed by atoms with Gasteiger partial charge in [-0.1, -0.05) is 97.3 Å². The van der Waals surface area contributed by atoms with Crippen molar-refractivity contribution in [1.29, 1.82) is 0 Å². The average Bonchev–Trinajstić information content (AvgIpc) is 2.53. The van der Waals surface area contributed by atoms with Gasteiger partial charge in [-0.15, -0.1) is 0 Å². The van der Waals surface area contributed by atoms with E-state index in [0.29, 0.717) is 0 Å². The molecule has 0 aromatic rings. The summed E-state index contributed by atoms with van der Waals surface area (Å²) >= 11 is 0. The number of carbonyl (C=O) groups excluding carboxylic acids is 1. The van der Waals surface area contributed by atoms with E-state index in [4.69, 9.17) is 5.11 Å². The Morgan fingerprint density at radius 2 is 1.08 bits per heavy atom. The molecule has 0 aliphatic heterocycles. The summed E-state index contributed by atoms with van der Waals surface area (Å²) in [4.78, 5) is 20.9. The molecule has 0 saturated carbocycles. The molecule has 0 aromatic heterocycles. The molecule has 0 aliphatic carbocycles. The number of carbonyl (C=O) groups is 2. The smallest absolute Gasteiger partial charge is 0.417 e. The summed E-state index contributed by atoms with van der Waals surface area (Å²) < 4.78 is 4.58. The Hall–Kier alpha value is -1.06. The third-order valence-corrected chi connectivity index (χ3v) is 4.33. The van der Waals surface area contributed by atoms with Crippen LogP contribution in [0.2, 0.25) is 0 Å². The molecule has 0 unspecified atom stereocenters. The van der Waals surface area contributed by atoms with E-state index in [1.807, 2.05) is 0 Å². The molecule has 0 rings (SSSR count). The van der Waals surface area contributed by atoms with Crippen LogP contribution in [0.5, 0.6) is 0 Å². The lowest BCUT2D eigenvalue weighted by Gasteiger charge is -2.05. The highest BCUT2D eigenvalue weighted by Crippen LogP contribution is 2.14. The van der Waals surface area contributed by atoms with Gasteiger partial charge in [-0.25, -0.2) is 9.59 Å². The summed E-state index contributed by atoms with van der Waals surface area (Å²) in [7, 11) is 0. The van der Waals surface area contributed by atoms with Crippen molar-refractivity contribution in [3.8, 4) is 0 Å². The Kier molecular flexibility index (Phi) is 16.0. The highest BCUT2D eigenvalue weighted by Gasteiger charge is 2.11. The second kappa shape index (κ2) is 16.8. The fourth-order valence-corrected chi connectivity index (χ4v) is 2.83. The maximum absolute atomic E-state index is 10.7. The van der Waals surface area contributed by atoms with Crippen LogP contribution in [-0.2, 0) is 14.3 Å².